The minimum Gasteiger partial charge on any atom is -0.343 e. The third-order valence-corrected chi connectivity index (χ3v) is 6.10. The van der Waals surface area contributed by atoms with E-state index in [1.807, 2.05) is 18.2 Å². The fraction of sp³-hybridized carbons (Fsp3) is 0.571. The Balaban J connectivity index is 1.57. The smallest absolute Gasteiger partial charge is 0.328 e. The summed E-state index contributed by atoms with van der Waals surface area (Å²) in [4.78, 5) is 37.6. The fourth-order valence-electron chi connectivity index (χ4n) is 4.43. The Kier molecular flexibility index (Phi) is 5.35. The maximum absolute atomic E-state index is 13.0. The molecule has 0 N–H and O–H groups in total. The lowest BCUT2D eigenvalue weighted by atomic mass is 10.1. The molecule has 4 rings (SSSR count). The molecule has 0 aromatic heterocycles. The second-order valence-corrected chi connectivity index (χ2v) is 7.96. The van der Waals surface area contributed by atoms with E-state index >= 15 is 0 Å². The number of rotatable bonds is 5. The predicted octanol–water partition coefficient (Wildman–Crippen LogP) is 1.65. The van der Waals surface area contributed by atoms with Crippen LogP contribution in [0.1, 0.15) is 24.8 Å². The number of aliphatic imine (C=N–C) groups is 1. The molecular formula is C21H29N5O2. The maximum atomic E-state index is 13.0. The van der Waals surface area contributed by atoms with Gasteiger partial charge < -0.3 is 9.80 Å². The summed E-state index contributed by atoms with van der Waals surface area (Å²) in [5.41, 5.74) is 1.24. The molecule has 3 heterocycles. The van der Waals surface area contributed by atoms with Gasteiger partial charge in [-0.15, -0.1) is 0 Å². The second kappa shape index (κ2) is 7.91. The van der Waals surface area contributed by atoms with Crippen LogP contribution >= 0.6 is 0 Å². The lowest BCUT2D eigenvalue weighted by Gasteiger charge is -2.40. The second-order valence-electron chi connectivity index (χ2n) is 7.96. The van der Waals surface area contributed by atoms with Crippen molar-refractivity contribution in [3.05, 3.63) is 35.9 Å². The number of likely N-dealkylation sites (N-methyl/N-ethyl adjacent to an activating group) is 2. The quantitative estimate of drug-likeness (QED) is 0.776. The number of fused-ring (bicyclic) bond motifs is 1. The van der Waals surface area contributed by atoms with Crippen molar-refractivity contribution >= 4 is 17.8 Å². The number of amides is 3. The average molecular weight is 383 g/mol. The molecule has 3 aliphatic heterocycles. The molecule has 2 atom stereocenters. The van der Waals surface area contributed by atoms with E-state index < -0.39 is 12.2 Å². The molecule has 150 valence electrons. The Morgan fingerprint density at radius 3 is 2.46 bits per heavy atom. The fourth-order valence-corrected chi connectivity index (χ4v) is 4.43. The van der Waals surface area contributed by atoms with Crippen molar-refractivity contribution in [3.63, 3.8) is 0 Å². The minimum absolute atomic E-state index is 0.154. The van der Waals surface area contributed by atoms with Crippen molar-refractivity contribution in [2.24, 2.45) is 4.99 Å². The SMILES string of the molecule is CN1C(=O)C2C(N=C(CN3CCCCC3)N2CCc2ccccc2)N(C)C1=O. The molecule has 3 aliphatic rings. The van der Waals surface area contributed by atoms with Gasteiger partial charge in [0.25, 0.3) is 5.91 Å². The molecule has 1 aromatic rings. The van der Waals surface area contributed by atoms with Crippen LogP contribution in [-0.2, 0) is 11.2 Å². The summed E-state index contributed by atoms with van der Waals surface area (Å²) in [6, 6.07) is 9.61. The maximum Gasteiger partial charge on any atom is 0.328 e. The van der Waals surface area contributed by atoms with Crippen molar-refractivity contribution in [3.8, 4) is 0 Å². The molecule has 3 amide bonds. The van der Waals surface area contributed by atoms with Gasteiger partial charge in [0, 0.05) is 20.6 Å². The Morgan fingerprint density at radius 1 is 1.04 bits per heavy atom. The van der Waals surface area contributed by atoms with Crippen LogP contribution in [-0.4, -0.2) is 89.9 Å². The standard InChI is InChI=1S/C21H29N5O2/c1-23-19-18(20(27)24(2)21(23)28)26(14-11-16-9-5-3-6-10-16)17(22-19)15-25-12-7-4-8-13-25/h3,5-6,9-10,18-19H,4,7-8,11-15H2,1-2H3. The number of amidine groups is 1. The zero-order valence-corrected chi connectivity index (χ0v) is 16.8. The Morgan fingerprint density at radius 2 is 1.75 bits per heavy atom. The predicted molar refractivity (Wildman–Crippen MR) is 108 cm³/mol. The highest BCUT2D eigenvalue weighted by Gasteiger charge is 2.50. The van der Waals surface area contributed by atoms with Crippen molar-refractivity contribution in [1.82, 2.24) is 19.6 Å². The Hall–Kier alpha value is -2.41. The van der Waals surface area contributed by atoms with Gasteiger partial charge in [0.15, 0.2) is 12.2 Å². The summed E-state index contributed by atoms with van der Waals surface area (Å²) in [5, 5.41) is 0. The zero-order valence-electron chi connectivity index (χ0n) is 16.8. The first kappa shape index (κ1) is 18.9. The van der Waals surface area contributed by atoms with E-state index in [2.05, 4.69) is 21.9 Å². The lowest BCUT2D eigenvalue weighted by molar-refractivity contribution is -0.136. The summed E-state index contributed by atoms with van der Waals surface area (Å²) < 4.78 is 0. The van der Waals surface area contributed by atoms with Crippen molar-refractivity contribution in [2.75, 3.05) is 40.3 Å². The van der Waals surface area contributed by atoms with Gasteiger partial charge in [0.2, 0.25) is 0 Å². The Labute approximate surface area is 166 Å². The first-order valence-electron chi connectivity index (χ1n) is 10.2. The van der Waals surface area contributed by atoms with Gasteiger partial charge >= 0.3 is 6.03 Å². The van der Waals surface area contributed by atoms with Crippen molar-refractivity contribution in [2.45, 2.75) is 37.9 Å². The van der Waals surface area contributed by atoms with E-state index in [9.17, 15) is 9.59 Å². The molecule has 0 saturated carbocycles. The third kappa shape index (κ3) is 3.51. The van der Waals surface area contributed by atoms with Crippen LogP contribution in [0.2, 0.25) is 0 Å². The van der Waals surface area contributed by atoms with Gasteiger partial charge in [0.05, 0.1) is 6.54 Å². The summed E-state index contributed by atoms with van der Waals surface area (Å²) >= 11 is 0. The van der Waals surface area contributed by atoms with Crippen LogP contribution in [0.4, 0.5) is 4.79 Å². The van der Waals surface area contributed by atoms with Crippen molar-refractivity contribution in [1.29, 1.82) is 0 Å². The highest BCUT2D eigenvalue weighted by Crippen LogP contribution is 2.28. The normalized spacial score (nSPS) is 25.9. The zero-order chi connectivity index (χ0) is 19.7. The minimum atomic E-state index is -0.424. The molecule has 0 aliphatic carbocycles. The van der Waals surface area contributed by atoms with E-state index in [1.165, 1.54) is 29.7 Å². The highest BCUT2D eigenvalue weighted by atomic mass is 16.2. The summed E-state index contributed by atoms with van der Waals surface area (Å²) in [5.74, 6) is 0.787. The van der Waals surface area contributed by atoms with Gasteiger partial charge in [-0.3, -0.25) is 14.6 Å². The number of carbonyl (C=O) groups is 2. The van der Waals surface area contributed by atoms with Crippen LogP contribution in [0.3, 0.4) is 0 Å². The number of carbonyl (C=O) groups excluding carboxylic acids is 2. The van der Waals surface area contributed by atoms with Crippen LogP contribution in [0.15, 0.2) is 35.3 Å². The van der Waals surface area contributed by atoms with Crippen LogP contribution in [0.25, 0.3) is 0 Å². The largest absolute Gasteiger partial charge is 0.343 e. The van der Waals surface area contributed by atoms with Crippen LogP contribution in [0, 0.1) is 0 Å². The topological polar surface area (TPSA) is 59.5 Å². The number of hydrogen-bond acceptors (Lipinski definition) is 5. The molecule has 0 bridgehead atoms. The van der Waals surface area contributed by atoms with Gasteiger partial charge in [-0.2, -0.15) is 0 Å². The molecular weight excluding hydrogens is 354 g/mol. The molecule has 7 heteroatoms. The number of nitrogens with zero attached hydrogens (tertiary/aromatic N) is 5. The molecule has 2 saturated heterocycles. The average Bonchev–Trinajstić information content (AvgIpc) is 3.09. The van der Waals surface area contributed by atoms with Crippen molar-refractivity contribution < 1.29 is 9.59 Å². The van der Waals surface area contributed by atoms with E-state index in [-0.39, 0.29) is 11.9 Å². The lowest BCUT2D eigenvalue weighted by Crippen LogP contribution is -2.64. The summed E-state index contributed by atoms with van der Waals surface area (Å²) in [6.45, 7) is 3.62. The molecule has 28 heavy (non-hydrogen) atoms. The first-order chi connectivity index (χ1) is 13.6. The summed E-state index contributed by atoms with van der Waals surface area (Å²) in [7, 11) is 3.31. The number of piperidine rings is 1. The van der Waals surface area contributed by atoms with E-state index in [4.69, 9.17) is 4.99 Å². The molecule has 2 fully saturated rings. The highest BCUT2D eigenvalue weighted by molar-refractivity contribution is 6.04. The van der Waals surface area contributed by atoms with Gasteiger partial charge in [0.1, 0.15) is 5.84 Å². The van der Waals surface area contributed by atoms with E-state index in [0.717, 1.165) is 38.4 Å². The van der Waals surface area contributed by atoms with Gasteiger partial charge in [-0.05, 0) is 37.9 Å². The number of urea groups is 1. The number of benzene rings is 1. The molecule has 0 spiro atoms. The summed E-state index contributed by atoms with van der Waals surface area (Å²) in [6.07, 6.45) is 4.13. The first-order valence-corrected chi connectivity index (χ1v) is 10.2. The van der Waals surface area contributed by atoms with Crippen LogP contribution in [0.5, 0.6) is 0 Å². The van der Waals surface area contributed by atoms with Crippen LogP contribution < -0.4 is 0 Å². The monoisotopic (exact) mass is 383 g/mol. The number of likely N-dealkylation sites (tertiary alicyclic amines) is 1. The Bertz CT molecular complexity index is 759. The van der Waals surface area contributed by atoms with E-state index in [0.29, 0.717) is 0 Å². The van der Waals surface area contributed by atoms with Gasteiger partial charge in [-0.1, -0.05) is 36.8 Å². The van der Waals surface area contributed by atoms with Gasteiger partial charge in [-0.25, -0.2) is 9.79 Å². The molecule has 2 unspecified atom stereocenters. The molecule has 1 aromatic carbocycles. The molecule has 0 radical (unpaired) electrons. The number of hydrogen-bond donors (Lipinski definition) is 0. The molecule has 7 nitrogen and oxygen atoms in total. The number of imide groups is 1. The van der Waals surface area contributed by atoms with E-state index in [1.54, 1.807) is 19.0 Å². The third-order valence-electron chi connectivity index (χ3n) is 6.10.